The summed E-state index contributed by atoms with van der Waals surface area (Å²) in [7, 11) is 0. The molecule has 1 aliphatic rings. The minimum atomic E-state index is -1.26. The normalized spacial score (nSPS) is 13.1. The maximum atomic E-state index is 12.4. The third-order valence-corrected chi connectivity index (χ3v) is 4.83. The molecule has 1 saturated heterocycles. The Hall–Kier alpha value is -4.84. The fraction of sp³-hybridized carbons (Fsp3) is 0.231. The average Bonchev–Trinajstić information content (AvgIpc) is 2.91. The van der Waals surface area contributed by atoms with E-state index < -0.39 is 23.9 Å². The molecule has 12 nitrogen and oxygen atoms in total. The second-order valence-electron chi connectivity index (χ2n) is 7.59. The molecule has 1 amide bonds. The van der Waals surface area contributed by atoms with Crippen LogP contribution in [0, 0.1) is 0 Å². The van der Waals surface area contributed by atoms with E-state index in [9.17, 15) is 24.0 Å². The average molecular weight is 528 g/mol. The molecule has 12 heteroatoms. The molecule has 3 rings (SSSR count). The van der Waals surface area contributed by atoms with Gasteiger partial charge in [-0.15, -0.1) is 0 Å². The molecule has 0 atom stereocenters. The van der Waals surface area contributed by atoms with Crippen LogP contribution in [0.25, 0.3) is 0 Å². The summed E-state index contributed by atoms with van der Waals surface area (Å²) in [6, 6.07) is 15.6. The zero-order valence-electron chi connectivity index (χ0n) is 20.4. The molecular weight excluding hydrogens is 498 g/mol. The van der Waals surface area contributed by atoms with Crippen molar-refractivity contribution in [1.82, 2.24) is 14.8 Å². The van der Waals surface area contributed by atoms with Gasteiger partial charge in [-0.1, -0.05) is 24.3 Å². The zero-order chi connectivity index (χ0) is 28.3. The van der Waals surface area contributed by atoms with Gasteiger partial charge in [0, 0.05) is 80.9 Å². The minimum Gasteiger partial charge on any atom is -0.478 e. The van der Waals surface area contributed by atoms with Crippen molar-refractivity contribution in [2.75, 3.05) is 32.7 Å². The van der Waals surface area contributed by atoms with Crippen LogP contribution in [0.4, 0.5) is 0 Å². The van der Waals surface area contributed by atoms with Gasteiger partial charge in [0.1, 0.15) is 0 Å². The summed E-state index contributed by atoms with van der Waals surface area (Å²) in [5, 5.41) is 31.2. The van der Waals surface area contributed by atoms with Crippen molar-refractivity contribution in [3.8, 4) is 0 Å². The van der Waals surface area contributed by atoms with Crippen molar-refractivity contribution in [2.24, 2.45) is 0 Å². The molecule has 0 unspecified atom stereocenters. The van der Waals surface area contributed by atoms with Crippen molar-refractivity contribution in [3.05, 3.63) is 90.3 Å². The Morgan fingerprint density at radius 2 is 1.16 bits per heavy atom. The number of nitrogens with zero attached hydrogens (tertiary/aromatic N) is 3. The Morgan fingerprint density at radius 1 is 0.684 bits per heavy atom. The van der Waals surface area contributed by atoms with Crippen molar-refractivity contribution in [1.29, 1.82) is 0 Å². The van der Waals surface area contributed by atoms with E-state index in [1.54, 1.807) is 0 Å². The second-order valence-corrected chi connectivity index (χ2v) is 7.59. The predicted molar refractivity (Wildman–Crippen MR) is 136 cm³/mol. The predicted octanol–water partition coefficient (Wildman–Crippen LogP) is 1.51. The number of rotatable bonds is 8. The van der Waals surface area contributed by atoms with Gasteiger partial charge in [-0.2, -0.15) is 0 Å². The molecule has 202 valence electrons. The largest absolute Gasteiger partial charge is 0.478 e. The highest BCUT2D eigenvalue weighted by molar-refractivity contribution is 5.94. The molecule has 38 heavy (non-hydrogen) atoms. The lowest BCUT2D eigenvalue weighted by molar-refractivity contribution is -0.134. The number of carbonyl (C=O) groups is 5. The van der Waals surface area contributed by atoms with Gasteiger partial charge in [0.05, 0.1) is 0 Å². The Bertz CT molecular complexity index is 1050. The lowest BCUT2D eigenvalue weighted by Gasteiger charge is -2.34. The van der Waals surface area contributed by atoms with Gasteiger partial charge in [-0.05, 0) is 24.3 Å². The molecule has 0 bridgehead atoms. The lowest BCUT2D eigenvalue weighted by Crippen LogP contribution is -2.49. The third-order valence-electron chi connectivity index (χ3n) is 4.83. The Labute approximate surface area is 218 Å². The number of hydrogen-bond acceptors (Lipinski definition) is 7. The highest BCUT2D eigenvalue weighted by atomic mass is 16.4. The van der Waals surface area contributed by atoms with E-state index in [1.165, 1.54) is 0 Å². The number of carboxylic acid groups (broad SMARTS) is 4. The van der Waals surface area contributed by atoms with Crippen LogP contribution in [0.5, 0.6) is 0 Å². The molecule has 4 N–H and O–H groups in total. The first kappa shape index (κ1) is 31.2. The van der Waals surface area contributed by atoms with E-state index in [4.69, 9.17) is 20.4 Å². The molecular formula is C26H29N3O9. The summed E-state index contributed by atoms with van der Waals surface area (Å²) in [6.07, 6.45) is 5.04. The Morgan fingerprint density at radius 3 is 1.58 bits per heavy atom. The third kappa shape index (κ3) is 14.5. The van der Waals surface area contributed by atoms with Gasteiger partial charge < -0.3 is 25.3 Å². The van der Waals surface area contributed by atoms with Crippen LogP contribution in [0.1, 0.15) is 16.1 Å². The van der Waals surface area contributed by atoms with Crippen LogP contribution in [0.3, 0.4) is 0 Å². The summed E-state index contributed by atoms with van der Waals surface area (Å²) in [6.45, 7) is 4.48. The van der Waals surface area contributed by atoms with E-state index >= 15 is 0 Å². The first-order valence-electron chi connectivity index (χ1n) is 11.3. The van der Waals surface area contributed by atoms with E-state index in [2.05, 4.69) is 16.0 Å². The molecule has 1 aromatic heterocycles. The zero-order valence-corrected chi connectivity index (χ0v) is 20.4. The molecule has 0 aliphatic carbocycles. The first-order chi connectivity index (χ1) is 18.1. The SMILES string of the molecule is O=C(O)C=CC(=O)O.O=C(O)C=CC(=O)O.O=C(c1ccccc1)N1CCN(CCc2ccccn2)CC1. The summed E-state index contributed by atoms with van der Waals surface area (Å²) >= 11 is 0. The molecule has 0 saturated carbocycles. The van der Waals surface area contributed by atoms with Crippen molar-refractivity contribution in [3.63, 3.8) is 0 Å². The fourth-order valence-corrected chi connectivity index (χ4v) is 3.04. The Kier molecular flexibility index (Phi) is 14.4. The number of hydrogen-bond donors (Lipinski definition) is 4. The quantitative estimate of drug-likeness (QED) is 0.365. The number of piperazine rings is 1. The van der Waals surface area contributed by atoms with Crippen LogP contribution in [-0.4, -0.2) is 97.7 Å². The molecule has 1 aliphatic heterocycles. The summed E-state index contributed by atoms with van der Waals surface area (Å²) in [5.74, 6) is -4.88. The summed E-state index contributed by atoms with van der Waals surface area (Å²) in [5.41, 5.74) is 1.91. The Balaban J connectivity index is 0.000000374. The molecule has 1 aromatic carbocycles. The van der Waals surface area contributed by atoms with Crippen LogP contribution in [0.15, 0.2) is 79.0 Å². The maximum absolute atomic E-state index is 12.4. The summed E-state index contributed by atoms with van der Waals surface area (Å²) in [4.78, 5) is 59.3. The maximum Gasteiger partial charge on any atom is 0.328 e. The standard InChI is InChI=1S/C18H21N3O.2C4H4O4/c22-18(16-6-2-1-3-7-16)21-14-12-20(13-15-21)11-9-17-8-4-5-10-19-17;2*5-3(6)1-2-4(7)8/h1-8,10H,9,11-15H2;2*1-2H,(H,5,6)(H,7,8). The number of aromatic nitrogens is 1. The number of amides is 1. The van der Waals surface area contributed by atoms with Gasteiger partial charge >= 0.3 is 23.9 Å². The first-order valence-corrected chi connectivity index (χ1v) is 11.3. The van der Waals surface area contributed by atoms with E-state index in [0.717, 1.165) is 50.4 Å². The van der Waals surface area contributed by atoms with Gasteiger partial charge in [0.25, 0.3) is 5.91 Å². The van der Waals surface area contributed by atoms with Gasteiger partial charge in [-0.3, -0.25) is 14.7 Å². The molecule has 1 fully saturated rings. The lowest BCUT2D eigenvalue weighted by atomic mass is 10.2. The number of pyridine rings is 1. The molecule has 2 heterocycles. The monoisotopic (exact) mass is 527 g/mol. The molecule has 0 radical (unpaired) electrons. The van der Waals surface area contributed by atoms with Crippen molar-refractivity contribution < 1.29 is 44.4 Å². The second kappa shape index (κ2) is 17.6. The number of carboxylic acids is 4. The smallest absolute Gasteiger partial charge is 0.328 e. The number of aliphatic carboxylic acids is 4. The highest BCUT2D eigenvalue weighted by Gasteiger charge is 2.21. The van der Waals surface area contributed by atoms with E-state index in [-0.39, 0.29) is 5.91 Å². The van der Waals surface area contributed by atoms with Crippen LogP contribution in [0.2, 0.25) is 0 Å². The number of carbonyl (C=O) groups excluding carboxylic acids is 1. The molecule has 2 aromatic rings. The highest BCUT2D eigenvalue weighted by Crippen LogP contribution is 2.09. The van der Waals surface area contributed by atoms with Crippen molar-refractivity contribution in [2.45, 2.75) is 6.42 Å². The minimum absolute atomic E-state index is 0.143. The number of benzene rings is 1. The van der Waals surface area contributed by atoms with E-state index in [1.807, 2.05) is 53.6 Å². The fourth-order valence-electron chi connectivity index (χ4n) is 3.04. The van der Waals surface area contributed by atoms with Crippen LogP contribution < -0.4 is 0 Å². The van der Waals surface area contributed by atoms with Crippen molar-refractivity contribution >= 4 is 29.8 Å². The topological polar surface area (TPSA) is 186 Å². The van der Waals surface area contributed by atoms with Gasteiger partial charge in [0.15, 0.2) is 0 Å². The van der Waals surface area contributed by atoms with Crippen LogP contribution >= 0.6 is 0 Å². The van der Waals surface area contributed by atoms with Gasteiger partial charge in [0.2, 0.25) is 0 Å². The summed E-state index contributed by atoms with van der Waals surface area (Å²) < 4.78 is 0. The van der Waals surface area contributed by atoms with Crippen LogP contribution in [-0.2, 0) is 25.6 Å². The van der Waals surface area contributed by atoms with Gasteiger partial charge in [-0.25, -0.2) is 19.2 Å². The molecule has 0 spiro atoms. The van der Waals surface area contributed by atoms with E-state index in [0.29, 0.717) is 24.3 Å².